The maximum absolute atomic E-state index is 13.6. The fourth-order valence-corrected chi connectivity index (χ4v) is 5.13. The first kappa shape index (κ1) is 31.0. The van der Waals surface area contributed by atoms with Gasteiger partial charge in [0.15, 0.2) is 0 Å². The molecular weight excluding hydrogens is 530 g/mol. The summed E-state index contributed by atoms with van der Waals surface area (Å²) in [5.41, 5.74) is 4.14. The van der Waals surface area contributed by atoms with Gasteiger partial charge in [0.2, 0.25) is 0 Å². The average Bonchev–Trinajstić information content (AvgIpc) is 2.98. The number of ether oxygens (including phenoxy) is 2. The van der Waals surface area contributed by atoms with Gasteiger partial charge in [-0.25, -0.2) is 4.79 Å². The number of hydrogen-bond donors (Lipinski definition) is 2. The van der Waals surface area contributed by atoms with Crippen molar-refractivity contribution in [1.29, 1.82) is 0 Å². The Kier molecular flexibility index (Phi) is 10.5. The summed E-state index contributed by atoms with van der Waals surface area (Å²) < 4.78 is 12.2. The van der Waals surface area contributed by atoms with Crippen LogP contribution in [0, 0.1) is 5.92 Å². The monoisotopic (exact) mass is 573 g/mol. The third kappa shape index (κ3) is 8.08. The van der Waals surface area contributed by atoms with E-state index in [1.165, 1.54) is 5.56 Å². The van der Waals surface area contributed by atoms with E-state index in [1.54, 1.807) is 43.5 Å². The Morgan fingerprint density at radius 3 is 2.52 bits per heavy atom. The van der Waals surface area contributed by atoms with Crippen LogP contribution in [0.25, 0.3) is 11.3 Å². The van der Waals surface area contributed by atoms with Gasteiger partial charge in [-0.1, -0.05) is 37.3 Å². The number of likely N-dealkylation sites (N-methyl/N-ethyl adjacent to an activating group) is 1. The third-order valence-corrected chi connectivity index (χ3v) is 7.55. The lowest BCUT2D eigenvalue weighted by molar-refractivity contribution is 0.00922. The van der Waals surface area contributed by atoms with Crippen LogP contribution >= 0.6 is 0 Å². The Balaban J connectivity index is 1.58. The molecule has 1 aliphatic rings. The van der Waals surface area contributed by atoms with Crippen molar-refractivity contribution in [3.05, 3.63) is 78.0 Å². The molecule has 2 aromatic carbocycles. The number of carbonyl (C=O) groups excluding carboxylic acids is 2. The molecule has 0 saturated heterocycles. The lowest BCUT2D eigenvalue weighted by Gasteiger charge is -2.36. The van der Waals surface area contributed by atoms with Crippen LogP contribution in [0.3, 0.4) is 0 Å². The van der Waals surface area contributed by atoms with Crippen molar-refractivity contribution < 1.29 is 19.1 Å². The van der Waals surface area contributed by atoms with E-state index in [2.05, 4.69) is 58.6 Å². The highest BCUT2D eigenvalue weighted by molar-refractivity contribution is 5.99. The molecule has 0 aliphatic carbocycles. The van der Waals surface area contributed by atoms with Crippen molar-refractivity contribution in [2.45, 2.75) is 52.4 Å². The minimum atomic E-state index is -0.328. The molecule has 3 atom stereocenters. The molecule has 1 aliphatic heterocycles. The number of rotatable bonds is 6. The summed E-state index contributed by atoms with van der Waals surface area (Å²) in [5, 5.41) is 5.62. The fourth-order valence-electron chi connectivity index (χ4n) is 5.13. The smallest absolute Gasteiger partial charge is 0.319 e. The zero-order chi connectivity index (χ0) is 30.2. The zero-order valence-electron chi connectivity index (χ0n) is 25.5. The average molecular weight is 574 g/mol. The number of anilines is 1. The molecule has 2 N–H and O–H groups in total. The normalized spacial score (nSPS) is 20.2. The molecule has 0 radical (unpaired) electrons. The van der Waals surface area contributed by atoms with Crippen molar-refractivity contribution >= 4 is 17.6 Å². The van der Waals surface area contributed by atoms with E-state index in [9.17, 15) is 9.59 Å². The van der Waals surface area contributed by atoms with Crippen LogP contribution < -0.4 is 15.4 Å². The van der Waals surface area contributed by atoms with Gasteiger partial charge in [0.25, 0.3) is 5.91 Å². The number of amides is 3. The number of nitrogens with zero attached hydrogens (tertiary/aromatic N) is 3. The number of fused-ring (bicyclic) bond motifs is 1. The molecule has 0 spiro atoms. The summed E-state index contributed by atoms with van der Waals surface area (Å²) in [6.07, 6.45) is 1.64. The van der Waals surface area contributed by atoms with E-state index >= 15 is 0 Å². The van der Waals surface area contributed by atoms with Gasteiger partial charge < -0.3 is 25.0 Å². The molecule has 4 rings (SSSR count). The van der Waals surface area contributed by atoms with Crippen molar-refractivity contribution in [2.75, 3.05) is 39.2 Å². The number of pyridine rings is 1. The Morgan fingerprint density at radius 2 is 1.86 bits per heavy atom. The highest BCUT2D eigenvalue weighted by Crippen LogP contribution is 2.27. The molecule has 3 aromatic rings. The lowest BCUT2D eigenvalue weighted by Crippen LogP contribution is -2.46. The molecule has 0 bridgehead atoms. The predicted octanol–water partition coefficient (Wildman–Crippen LogP) is 5.28. The SMILES string of the molecule is CO[C@H]1CN(C)C(=O)c2cc(NC(=O)NC(C)C)ccc2OC[C@@H](C)N(Cc2ccc(-c3ccccn3)cc2)C[C@@H]1C. The van der Waals surface area contributed by atoms with Gasteiger partial charge in [0, 0.05) is 63.3 Å². The molecule has 1 aromatic heterocycles. The van der Waals surface area contributed by atoms with Gasteiger partial charge >= 0.3 is 6.03 Å². The maximum atomic E-state index is 13.6. The highest BCUT2D eigenvalue weighted by Gasteiger charge is 2.28. The summed E-state index contributed by atoms with van der Waals surface area (Å²) in [4.78, 5) is 34.4. The molecule has 9 heteroatoms. The Hall–Kier alpha value is -3.95. The Labute approximate surface area is 249 Å². The predicted molar refractivity (Wildman–Crippen MR) is 166 cm³/mol. The number of carbonyl (C=O) groups is 2. The Bertz CT molecular complexity index is 1330. The van der Waals surface area contributed by atoms with Gasteiger partial charge in [-0.15, -0.1) is 0 Å². The number of aromatic nitrogens is 1. The topological polar surface area (TPSA) is 96.0 Å². The zero-order valence-corrected chi connectivity index (χ0v) is 25.5. The molecule has 0 saturated carbocycles. The molecule has 224 valence electrons. The van der Waals surface area contributed by atoms with Crippen molar-refractivity contribution in [2.24, 2.45) is 5.92 Å². The fraction of sp³-hybridized carbons (Fsp3) is 0.424. The Morgan fingerprint density at radius 1 is 1.10 bits per heavy atom. The van der Waals surface area contributed by atoms with Gasteiger partial charge in [0.05, 0.1) is 17.4 Å². The van der Waals surface area contributed by atoms with Crippen LogP contribution in [0.4, 0.5) is 10.5 Å². The largest absolute Gasteiger partial charge is 0.491 e. The van der Waals surface area contributed by atoms with E-state index < -0.39 is 0 Å². The second kappa shape index (κ2) is 14.3. The highest BCUT2D eigenvalue weighted by atomic mass is 16.5. The first-order chi connectivity index (χ1) is 20.1. The number of methoxy groups -OCH3 is 1. The van der Waals surface area contributed by atoms with Gasteiger partial charge in [-0.2, -0.15) is 0 Å². The molecule has 9 nitrogen and oxygen atoms in total. The summed E-state index contributed by atoms with van der Waals surface area (Å²) in [5.74, 6) is 0.438. The number of hydrogen-bond acceptors (Lipinski definition) is 6. The van der Waals surface area contributed by atoms with Crippen LogP contribution in [0.5, 0.6) is 5.75 Å². The second-order valence-corrected chi connectivity index (χ2v) is 11.4. The standard InChI is InChI=1S/C33H43N5O4/c1-22(2)35-33(40)36-27-14-15-30-28(17-27)32(39)37(5)20-31(41-6)23(3)18-38(24(4)21-42-30)19-25-10-12-26(13-11-25)29-9-7-8-16-34-29/h7-17,22-24,31H,18-21H2,1-6H3,(H2,35,36,40)/t23-,24+,31-/m0/s1. The van der Waals surface area contributed by atoms with Crippen molar-refractivity contribution in [3.63, 3.8) is 0 Å². The minimum absolute atomic E-state index is 0.0124. The van der Waals surface area contributed by atoms with Gasteiger partial charge in [-0.05, 0) is 62.6 Å². The molecule has 3 amide bonds. The van der Waals surface area contributed by atoms with Gasteiger partial charge in [0.1, 0.15) is 12.4 Å². The van der Waals surface area contributed by atoms with Gasteiger partial charge in [-0.3, -0.25) is 14.7 Å². The first-order valence-electron chi connectivity index (χ1n) is 14.5. The molecule has 42 heavy (non-hydrogen) atoms. The number of nitrogens with one attached hydrogen (secondary N) is 2. The van der Waals surface area contributed by atoms with Crippen molar-refractivity contribution in [1.82, 2.24) is 20.1 Å². The third-order valence-electron chi connectivity index (χ3n) is 7.55. The van der Waals surface area contributed by atoms with E-state index in [1.807, 2.05) is 32.0 Å². The summed E-state index contributed by atoms with van der Waals surface area (Å²) in [6.45, 7) is 10.4. The molecule has 2 heterocycles. The number of urea groups is 1. The lowest BCUT2D eigenvalue weighted by atomic mass is 10.0. The van der Waals surface area contributed by atoms with Crippen LogP contribution in [-0.4, -0.2) is 78.8 Å². The summed E-state index contributed by atoms with van der Waals surface area (Å²) >= 11 is 0. The quantitative estimate of drug-likeness (QED) is 0.416. The van der Waals surface area contributed by atoms with E-state index in [-0.39, 0.29) is 36.0 Å². The summed E-state index contributed by atoms with van der Waals surface area (Å²) in [6, 6.07) is 19.3. The van der Waals surface area contributed by atoms with Crippen LogP contribution in [-0.2, 0) is 11.3 Å². The molecule has 0 unspecified atom stereocenters. The molecule has 0 fully saturated rings. The molecular formula is C33H43N5O4. The second-order valence-electron chi connectivity index (χ2n) is 11.4. The van der Waals surface area contributed by atoms with Crippen LogP contribution in [0.2, 0.25) is 0 Å². The van der Waals surface area contributed by atoms with E-state index in [0.717, 1.165) is 24.3 Å². The first-order valence-corrected chi connectivity index (χ1v) is 14.5. The van der Waals surface area contributed by atoms with Crippen molar-refractivity contribution in [3.8, 4) is 17.0 Å². The van der Waals surface area contributed by atoms with E-state index in [4.69, 9.17) is 9.47 Å². The van der Waals surface area contributed by atoms with E-state index in [0.29, 0.717) is 30.2 Å². The summed E-state index contributed by atoms with van der Waals surface area (Å²) in [7, 11) is 3.47. The number of benzene rings is 2. The van der Waals surface area contributed by atoms with Crippen LogP contribution in [0.1, 0.15) is 43.6 Å². The van der Waals surface area contributed by atoms with Crippen LogP contribution in [0.15, 0.2) is 66.9 Å². The minimum Gasteiger partial charge on any atom is -0.491 e. The maximum Gasteiger partial charge on any atom is 0.319 e.